The van der Waals surface area contributed by atoms with Gasteiger partial charge in [0.2, 0.25) is 0 Å². The Morgan fingerprint density at radius 1 is 1.04 bits per heavy atom. The maximum absolute atomic E-state index is 4.57. The average molecular weight is 430 g/mol. The number of nitrogens with zero attached hydrogens (tertiary/aromatic N) is 1. The summed E-state index contributed by atoms with van der Waals surface area (Å²) in [7, 11) is 0. The zero-order valence-electron chi connectivity index (χ0n) is 13.4. The van der Waals surface area contributed by atoms with Gasteiger partial charge in [0.05, 0.1) is 27.3 Å². The van der Waals surface area contributed by atoms with Crippen LogP contribution in [0.2, 0.25) is 0 Å². The van der Waals surface area contributed by atoms with Crippen LogP contribution in [0.5, 0.6) is 0 Å². The SMILES string of the molecule is Brc1csc2c(-c3ccc(-c4cnc([C@@H]5CCCN5)[nH]4)cc3)csc12. The van der Waals surface area contributed by atoms with E-state index in [9.17, 15) is 0 Å². The molecule has 5 rings (SSSR count). The second-order valence-electron chi connectivity index (χ2n) is 6.30. The minimum absolute atomic E-state index is 0.379. The van der Waals surface area contributed by atoms with Gasteiger partial charge in [-0.2, -0.15) is 0 Å². The highest BCUT2D eigenvalue weighted by molar-refractivity contribution is 9.10. The summed E-state index contributed by atoms with van der Waals surface area (Å²) < 4.78 is 3.90. The first kappa shape index (κ1) is 15.8. The molecule has 1 aromatic carbocycles. The molecule has 3 aromatic heterocycles. The molecule has 1 atom stereocenters. The molecule has 0 aliphatic carbocycles. The second kappa shape index (κ2) is 6.36. The second-order valence-corrected chi connectivity index (χ2v) is 8.91. The van der Waals surface area contributed by atoms with Crippen molar-refractivity contribution in [2.45, 2.75) is 18.9 Å². The zero-order valence-corrected chi connectivity index (χ0v) is 16.6. The van der Waals surface area contributed by atoms with E-state index in [2.05, 4.69) is 66.2 Å². The van der Waals surface area contributed by atoms with Crippen molar-refractivity contribution in [2.24, 2.45) is 0 Å². The third-order valence-electron chi connectivity index (χ3n) is 4.74. The van der Waals surface area contributed by atoms with E-state index in [1.807, 2.05) is 6.20 Å². The van der Waals surface area contributed by atoms with Crippen molar-refractivity contribution in [1.82, 2.24) is 15.3 Å². The van der Waals surface area contributed by atoms with Gasteiger partial charge in [0.15, 0.2) is 0 Å². The summed E-state index contributed by atoms with van der Waals surface area (Å²) in [6, 6.07) is 9.16. The quantitative estimate of drug-likeness (QED) is 0.406. The van der Waals surface area contributed by atoms with Crippen molar-refractivity contribution in [1.29, 1.82) is 0 Å². The molecule has 126 valence electrons. The first-order valence-corrected chi connectivity index (χ1v) is 10.9. The van der Waals surface area contributed by atoms with Crippen LogP contribution in [0.4, 0.5) is 0 Å². The summed E-state index contributed by atoms with van der Waals surface area (Å²) in [4.78, 5) is 8.05. The van der Waals surface area contributed by atoms with Gasteiger partial charge in [-0.15, -0.1) is 22.7 Å². The Bertz CT molecular complexity index is 1020. The molecule has 0 unspecified atom stereocenters. The largest absolute Gasteiger partial charge is 0.341 e. The van der Waals surface area contributed by atoms with Crippen molar-refractivity contribution in [3.63, 3.8) is 0 Å². The summed E-state index contributed by atoms with van der Waals surface area (Å²) in [6.45, 7) is 1.09. The van der Waals surface area contributed by atoms with E-state index in [-0.39, 0.29) is 0 Å². The van der Waals surface area contributed by atoms with E-state index in [0.717, 1.165) is 24.5 Å². The van der Waals surface area contributed by atoms with Gasteiger partial charge in [-0.05, 0) is 46.4 Å². The van der Waals surface area contributed by atoms with Crippen LogP contribution in [0.1, 0.15) is 24.7 Å². The molecule has 2 N–H and O–H groups in total. The van der Waals surface area contributed by atoms with Crippen molar-refractivity contribution >= 4 is 48.0 Å². The van der Waals surface area contributed by atoms with Gasteiger partial charge >= 0.3 is 0 Å². The Morgan fingerprint density at radius 3 is 2.64 bits per heavy atom. The number of halogens is 1. The van der Waals surface area contributed by atoms with Crippen molar-refractivity contribution in [3.05, 3.63) is 51.5 Å². The lowest BCUT2D eigenvalue weighted by molar-refractivity contribution is 0.613. The molecule has 25 heavy (non-hydrogen) atoms. The Hall–Kier alpha value is -1.47. The van der Waals surface area contributed by atoms with Crippen LogP contribution in [-0.4, -0.2) is 16.5 Å². The van der Waals surface area contributed by atoms with Gasteiger partial charge in [-0.3, -0.25) is 0 Å². The Morgan fingerprint density at radius 2 is 1.84 bits per heavy atom. The highest BCUT2D eigenvalue weighted by atomic mass is 79.9. The standard InChI is InChI=1S/C19H16BrN3S2/c20-14-10-25-17-13(9-24-18(14)17)11-3-5-12(6-4-11)16-8-22-19(23-16)15-2-1-7-21-15/h3-6,8-10,15,21H,1-2,7H2,(H,22,23)/t15-/m0/s1. The number of rotatable bonds is 3. The lowest BCUT2D eigenvalue weighted by atomic mass is 10.1. The molecule has 0 spiro atoms. The number of aromatic nitrogens is 2. The topological polar surface area (TPSA) is 40.7 Å². The fourth-order valence-electron chi connectivity index (χ4n) is 3.40. The van der Waals surface area contributed by atoms with Gasteiger partial charge in [-0.25, -0.2) is 4.98 Å². The zero-order chi connectivity index (χ0) is 16.8. The lowest BCUT2D eigenvalue weighted by Gasteiger charge is -2.05. The molecular weight excluding hydrogens is 414 g/mol. The first-order valence-electron chi connectivity index (χ1n) is 8.33. The van der Waals surface area contributed by atoms with Gasteiger partial charge in [0.1, 0.15) is 5.82 Å². The molecule has 4 heterocycles. The fourth-order valence-corrected chi connectivity index (χ4v) is 6.47. The molecule has 1 fully saturated rings. The van der Waals surface area contributed by atoms with Gasteiger partial charge in [0, 0.05) is 20.8 Å². The van der Waals surface area contributed by atoms with Crippen molar-refractivity contribution in [3.8, 4) is 22.4 Å². The third kappa shape index (κ3) is 2.77. The predicted molar refractivity (Wildman–Crippen MR) is 110 cm³/mol. The van der Waals surface area contributed by atoms with E-state index >= 15 is 0 Å². The highest BCUT2D eigenvalue weighted by Gasteiger charge is 2.19. The van der Waals surface area contributed by atoms with E-state index in [4.69, 9.17) is 0 Å². The van der Waals surface area contributed by atoms with E-state index in [0.29, 0.717) is 6.04 Å². The number of fused-ring (bicyclic) bond motifs is 1. The smallest absolute Gasteiger partial charge is 0.123 e. The van der Waals surface area contributed by atoms with Gasteiger partial charge in [0.25, 0.3) is 0 Å². The number of hydrogen-bond acceptors (Lipinski definition) is 4. The minimum atomic E-state index is 0.379. The van der Waals surface area contributed by atoms with Crippen LogP contribution in [-0.2, 0) is 0 Å². The number of aromatic amines is 1. The summed E-state index contributed by atoms with van der Waals surface area (Å²) in [5, 5.41) is 7.91. The number of nitrogens with one attached hydrogen (secondary N) is 2. The summed E-state index contributed by atoms with van der Waals surface area (Å²) >= 11 is 7.23. The van der Waals surface area contributed by atoms with Gasteiger partial charge < -0.3 is 10.3 Å². The molecule has 3 nitrogen and oxygen atoms in total. The number of thiophene rings is 2. The average Bonchev–Trinajstić information content (AvgIpc) is 3.41. The predicted octanol–water partition coefficient (Wildman–Crippen LogP) is 6.21. The number of hydrogen-bond donors (Lipinski definition) is 2. The summed E-state index contributed by atoms with van der Waals surface area (Å²) in [5.74, 6) is 1.06. The van der Waals surface area contributed by atoms with Crippen LogP contribution >= 0.6 is 38.6 Å². The molecule has 1 saturated heterocycles. The Kier molecular flexibility index (Phi) is 4.01. The Labute approximate surface area is 162 Å². The van der Waals surface area contributed by atoms with Crippen LogP contribution in [0.15, 0.2) is 45.7 Å². The number of H-pyrrole nitrogens is 1. The summed E-state index contributed by atoms with van der Waals surface area (Å²) in [6.07, 6.45) is 4.34. The van der Waals surface area contributed by atoms with Crippen molar-refractivity contribution < 1.29 is 0 Å². The van der Waals surface area contributed by atoms with Gasteiger partial charge in [-0.1, -0.05) is 24.3 Å². The van der Waals surface area contributed by atoms with E-state index < -0.39 is 0 Å². The Balaban J connectivity index is 1.45. The molecule has 4 aromatic rings. The fraction of sp³-hybridized carbons (Fsp3) is 0.211. The van der Waals surface area contributed by atoms with Crippen LogP contribution < -0.4 is 5.32 Å². The van der Waals surface area contributed by atoms with Crippen molar-refractivity contribution in [2.75, 3.05) is 6.54 Å². The van der Waals surface area contributed by atoms with Crippen LogP contribution in [0, 0.1) is 0 Å². The number of benzene rings is 1. The lowest BCUT2D eigenvalue weighted by Crippen LogP contribution is -2.14. The summed E-state index contributed by atoms with van der Waals surface area (Å²) in [5.41, 5.74) is 4.85. The molecule has 0 radical (unpaired) electrons. The maximum Gasteiger partial charge on any atom is 0.123 e. The maximum atomic E-state index is 4.57. The normalized spacial score (nSPS) is 17.6. The molecule has 1 aliphatic heterocycles. The molecule has 0 bridgehead atoms. The van der Waals surface area contributed by atoms with Crippen LogP contribution in [0.25, 0.3) is 31.8 Å². The van der Waals surface area contributed by atoms with Crippen LogP contribution in [0.3, 0.4) is 0 Å². The molecular formula is C19H16BrN3S2. The molecule has 0 amide bonds. The third-order valence-corrected chi connectivity index (χ3v) is 8.08. The first-order chi connectivity index (χ1) is 12.3. The van der Waals surface area contributed by atoms with E-state index in [1.54, 1.807) is 22.7 Å². The highest BCUT2D eigenvalue weighted by Crippen LogP contribution is 2.42. The monoisotopic (exact) mass is 429 g/mol. The van der Waals surface area contributed by atoms with E-state index in [1.165, 1.54) is 37.0 Å². The molecule has 6 heteroatoms. The minimum Gasteiger partial charge on any atom is -0.341 e. The number of imidazole rings is 1. The molecule has 1 aliphatic rings. The molecule has 0 saturated carbocycles.